The standard InChI is InChI=1S/C20H20BrNO3/c1-14(25-19(23)12-15-6-8-18(21)9-7-15)20(24)22-11-10-16-4-2-3-5-17(16)13-22/h2-9,14H,10-13H2,1H3/t14-/m0/s1. The maximum atomic E-state index is 12.6. The molecule has 1 heterocycles. The SMILES string of the molecule is C[C@H](OC(=O)Cc1ccc(Br)cc1)C(=O)N1CCc2ccccc2C1. The largest absolute Gasteiger partial charge is 0.452 e. The van der Waals surface area contributed by atoms with Gasteiger partial charge < -0.3 is 9.64 Å². The van der Waals surface area contributed by atoms with E-state index in [4.69, 9.17) is 4.74 Å². The summed E-state index contributed by atoms with van der Waals surface area (Å²) in [7, 11) is 0. The number of hydrogen-bond donors (Lipinski definition) is 0. The van der Waals surface area contributed by atoms with E-state index in [1.54, 1.807) is 11.8 Å². The van der Waals surface area contributed by atoms with Crippen LogP contribution in [-0.4, -0.2) is 29.4 Å². The third-order valence-electron chi connectivity index (χ3n) is 4.36. The summed E-state index contributed by atoms with van der Waals surface area (Å²) in [6.45, 7) is 2.87. The molecule has 0 saturated heterocycles. The molecule has 4 nitrogen and oxygen atoms in total. The van der Waals surface area contributed by atoms with Crippen LogP contribution in [0.25, 0.3) is 0 Å². The molecule has 25 heavy (non-hydrogen) atoms. The van der Waals surface area contributed by atoms with Crippen molar-refractivity contribution in [3.8, 4) is 0 Å². The van der Waals surface area contributed by atoms with Gasteiger partial charge in [0.2, 0.25) is 0 Å². The Morgan fingerprint density at radius 1 is 1.12 bits per heavy atom. The van der Waals surface area contributed by atoms with Gasteiger partial charge in [0.05, 0.1) is 6.42 Å². The fraction of sp³-hybridized carbons (Fsp3) is 0.300. The van der Waals surface area contributed by atoms with Gasteiger partial charge in [0.15, 0.2) is 6.10 Å². The van der Waals surface area contributed by atoms with Crippen LogP contribution >= 0.6 is 15.9 Å². The molecule has 1 aliphatic rings. The molecule has 130 valence electrons. The average Bonchev–Trinajstić information content (AvgIpc) is 2.62. The molecule has 2 aromatic carbocycles. The third kappa shape index (κ3) is 4.48. The van der Waals surface area contributed by atoms with Gasteiger partial charge in [-0.2, -0.15) is 0 Å². The number of benzene rings is 2. The van der Waals surface area contributed by atoms with Crippen molar-refractivity contribution in [2.75, 3.05) is 6.54 Å². The van der Waals surface area contributed by atoms with Crippen LogP contribution < -0.4 is 0 Å². The first-order valence-corrected chi connectivity index (χ1v) is 9.12. The summed E-state index contributed by atoms with van der Waals surface area (Å²) >= 11 is 3.36. The van der Waals surface area contributed by atoms with Gasteiger partial charge in [-0.15, -0.1) is 0 Å². The van der Waals surface area contributed by atoms with Gasteiger partial charge >= 0.3 is 5.97 Å². The zero-order valence-electron chi connectivity index (χ0n) is 14.1. The number of fused-ring (bicyclic) bond motifs is 1. The first-order valence-electron chi connectivity index (χ1n) is 8.32. The minimum atomic E-state index is -0.770. The summed E-state index contributed by atoms with van der Waals surface area (Å²) in [5, 5.41) is 0. The number of hydrogen-bond acceptors (Lipinski definition) is 3. The van der Waals surface area contributed by atoms with Crippen LogP contribution in [0.3, 0.4) is 0 Å². The summed E-state index contributed by atoms with van der Waals surface area (Å²) in [5.41, 5.74) is 3.31. The van der Waals surface area contributed by atoms with Crippen molar-refractivity contribution < 1.29 is 14.3 Å². The quantitative estimate of drug-likeness (QED) is 0.736. The van der Waals surface area contributed by atoms with E-state index in [0.29, 0.717) is 13.1 Å². The number of carbonyl (C=O) groups is 2. The lowest BCUT2D eigenvalue weighted by atomic mass is 9.99. The molecule has 0 saturated carbocycles. The summed E-state index contributed by atoms with van der Waals surface area (Å²) in [6.07, 6.45) is 0.225. The Morgan fingerprint density at radius 3 is 2.52 bits per heavy atom. The lowest BCUT2D eigenvalue weighted by Crippen LogP contribution is -2.42. The van der Waals surface area contributed by atoms with E-state index in [2.05, 4.69) is 22.0 Å². The van der Waals surface area contributed by atoms with E-state index in [9.17, 15) is 9.59 Å². The zero-order valence-corrected chi connectivity index (χ0v) is 15.7. The predicted octanol–water partition coefficient (Wildman–Crippen LogP) is 3.51. The molecule has 1 aliphatic heterocycles. The van der Waals surface area contributed by atoms with Gasteiger partial charge in [0, 0.05) is 17.6 Å². The highest BCUT2D eigenvalue weighted by molar-refractivity contribution is 9.10. The van der Waals surface area contributed by atoms with Crippen molar-refractivity contribution in [1.29, 1.82) is 0 Å². The number of esters is 1. The van der Waals surface area contributed by atoms with Gasteiger partial charge in [-0.1, -0.05) is 52.3 Å². The first-order chi connectivity index (χ1) is 12.0. The van der Waals surface area contributed by atoms with Crippen molar-refractivity contribution in [3.05, 3.63) is 69.7 Å². The normalized spacial score (nSPS) is 14.6. The number of amides is 1. The fourth-order valence-electron chi connectivity index (χ4n) is 3.00. The zero-order chi connectivity index (χ0) is 17.8. The van der Waals surface area contributed by atoms with E-state index < -0.39 is 6.10 Å². The number of halogens is 1. The smallest absolute Gasteiger partial charge is 0.311 e. The van der Waals surface area contributed by atoms with Crippen molar-refractivity contribution >= 4 is 27.8 Å². The summed E-state index contributed by atoms with van der Waals surface area (Å²) in [5.74, 6) is -0.528. The highest BCUT2D eigenvalue weighted by Gasteiger charge is 2.26. The summed E-state index contributed by atoms with van der Waals surface area (Å²) < 4.78 is 6.30. The van der Waals surface area contributed by atoms with Crippen LogP contribution in [0.15, 0.2) is 53.0 Å². The second kappa shape index (κ2) is 7.83. The molecule has 0 aliphatic carbocycles. The third-order valence-corrected chi connectivity index (χ3v) is 4.89. The molecule has 0 bridgehead atoms. The molecule has 1 amide bonds. The molecule has 0 aromatic heterocycles. The topological polar surface area (TPSA) is 46.6 Å². The second-order valence-electron chi connectivity index (χ2n) is 6.21. The van der Waals surface area contributed by atoms with Gasteiger partial charge in [0.1, 0.15) is 0 Å². The molecule has 1 atom stereocenters. The molecule has 0 radical (unpaired) electrons. The molecule has 0 unspecified atom stereocenters. The Hall–Kier alpha value is -2.14. The first kappa shape index (κ1) is 17.7. The molecule has 5 heteroatoms. The maximum Gasteiger partial charge on any atom is 0.311 e. The van der Waals surface area contributed by atoms with Crippen LogP contribution in [0.1, 0.15) is 23.6 Å². The van der Waals surface area contributed by atoms with E-state index in [0.717, 1.165) is 22.0 Å². The van der Waals surface area contributed by atoms with Crippen LogP contribution in [0.2, 0.25) is 0 Å². The number of carbonyl (C=O) groups excluding carboxylic acids is 2. The Kier molecular flexibility index (Phi) is 5.53. The van der Waals surface area contributed by atoms with Crippen LogP contribution in [0.5, 0.6) is 0 Å². The predicted molar refractivity (Wildman–Crippen MR) is 99.0 cm³/mol. The monoisotopic (exact) mass is 401 g/mol. The van der Waals surface area contributed by atoms with E-state index in [1.807, 2.05) is 42.5 Å². The number of nitrogens with zero attached hydrogens (tertiary/aromatic N) is 1. The van der Waals surface area contributed by atoms with E-state index in [-0.39, 0.29) is 18.3 Å². The van der Waals surface area contributed by atoms with Crippen molar-refractivity contribution in [2.24, 2.45) is 0 Å². The Bertz CT molecular complexity index is 773. The van der Waals surface area contributed by atoms with Gasteiger partial charge in [-0.3, -0.25) is 9.59 Å². The Balaban J connectivity index is 1.56. The lowest BCUT2D eigenvalue weighted by Gasteiger charge is -2.30. The summed E-state index contributed by atoms with van der Waals surface area (Å²) in [6, 6.07) is 15.6. The van der Waals surface area contributed by atoms with Crippen molar-refractivity contribution in [3.63, 3.8) is 0 Å². The van der Waals surface area contributed by atoms with E-state index >= 15 is 0 Å². The molecule has 0 N–H and O–H groups in total. The fourth-order valence-corrected chi connectivity index (χ4v) is 3.26. The number of rotatable bonds is 4. The maximum absolute atomic E-state index is 12.6. The molecule has 3 rings (SSSR count). The molecular weight excluding hydrogens is 382 g/mol. The average molecular weight is 402 g/mol. The summed E-state index contributed by atoms with van der Waals surface area (Å²) in [4.78, 5) is 26.4. The van der Waals surface area contributed by atoms with Crippen molar-refractivity contribution in [2.45, 2.75) is 32.4 Å². The van der Waals surface area contributed by atoms with Crippen LogP contribution in [-0.2, 0) is 33.7 Å². The molecular formula is C20H20BrNO3. The Morgan fingerprint density at radius 2 is 1.80 bits per heavy atom. The van der Waals surface area contributed by atoms with Crippen molar-refractivity contribution in [1.82, 2.24) is 4.90 Å². The highest BCUT2D eigenvalue weighted by atomic mass is 79.9. The van der Waals surface area contributed by atoms with Gasteiger partial charge in [0.25, 0.3) is 5.91 Å². The van der Waals surface area contributed by atoms with Gasteiger partial charge in [-0.05, 0) is 42.2 Å². The molecule has 2 aromatic rings. The van der Waals surface area contributed by atoms with Crippen LogP contribution in [0, 0.1) is 0 Å². The minimum absolute atomic E-state index is 0.140. The number of ether oxygens (including phenoxy) is 1. The molecule has 0 fully saturated rings. The molecule has 0 spiro atoms. The lowest BCUT2D eigenvalue weighted by molar-refractivity contribution is -0.159. The van der Waals surface area contributed by atoms with Gasteiger partial charge in [-0.25, -0.2) is 0 Å². The Labute approximate surface area is 155 Å². The second-order valence-corrected chi connectivity index (χ2v) is 7.13. The minimum Gasteiger partial charge on any atom is -0.452 e. The van der Waals surface area contributed by atoms with Crippen LogP contribution in [0.4, 0.5) is 0 Å². The van der Waals surface area contributed by atoms with E-state index in [1.165, 1.54) is 5.56 Å². The highest BCUT2D eigenvalue weighted by Crippen LogP contribution is 2.19.